The van der Waals surface area contributed by atoms with Crippen molar-refractivity contribution in [2.75, 3.05) is 19.0 Å². The summed E-state index contributed by atoms with van der Waals surface area (Å²) in [6.45, 7) is 3.61. The van der Waals surface area contributed by atoms with Gasteiger partial charge in [0.15, 0.2) is 6.61 Å². The minimum absolute atomic E-state index is 0.164. The number of aliphatic carboxylic acids is 1. The summed E-state index contributed by atoms with van der Waals surface area (Å²) in [7, 11) is 1.74. The lowest BCUT2D eigenvalue weighted by atomic mass is 10.1. The minimum atomic E-state index is -1.06. The quantitative estimate of drug-likeness (QED) is 0.810. The maximum absolute atomic E-state index is 12.2. The molecule has 0 aliphatic carbocycles. The summed E-state index contributed by atoms with van der Waals surface area (Å²) in [6, 6.07) is 6.69. The van der Waals surface area contributed by atoms with Crippen molar-refractivity contribution in [2.45, 2.75) is 32.7 Å². The predicted octanol–water partition coefficient (Wildman–Crippen LogP) is 2.80. The number of nitrogens with zero attached hydrogens (tertiary/aromatic N) is 1. The Hall–Kier alpha value is -2.24. The fourth-order valence-corrected chi connectivity index (χ4v) is 2.04. The number of amides is 2. The molecule has 0 aliphatic heterocycles. The van der Waals surface area contributed by atoms with Crippen molar-refractivity contribution < 1.29 is 19.4 Å². The maximum Gasteiger partial charge on any atom is 0.341 e. The normalized spacial score (nSPS) is 10.3. The number of hydrogen-bond acceptors (Lipinski definition) is 3. The third-order valence-electron chi connectivity index (χ3n) is 3.29. The highest BCUT2D eigenvalue weighted by atomic mass is 16.5. The SMILES string of the molecule is CCC(CC)N(C)C(=O)Nc1ccccc1OCC(=O)O. The van der Waals surface area contributed by atoms with Gasteiger partial charge in [0.25, 0.3) is 0 Å². The van der Waals surface area contributed by atoms with Gasteiger partial charge in [-0.25, -0.2) is 9.59 Å². The summed E-state index contributed by atoms with van der Waals surface area (Å²) in [5.41, 5.74) is 0.460. The van der Waals surface area contributed by atoms with Gasteiger partial charge in [0.2, 0.25) is 0 Å². The molecule has 0 saturated heterocycles. The first-order valence-electron chi connectivity index (χ1n) is 6.97. The first kappa shape index (κ1) is 16.8. The Labute approximate surface area is 124 Å². The molecule has 6 nitrogen and oxygen atoms in total. The fraction of sp³-hybridized carbons (Fsp3) is 0.467. The molecule has 0 bridgehead atoms. The number of carbonyl (C=O) groups excluding carboxylic acids is 1. The predicted molar refractivity (Wildman–Crippen MR) is 80.7 cm³/mol. The molecule has 0 heterocycles. The molecule has 1 aromatic rings. The molecule has 0 aromatic heterocycles. The van der Waals surface area contributed by atoms with Crippen LogP contribution >= 0.6 is 0 Å². The Kier molecular flexibility index (Phi) is 6.52. The summed E-state index contributed by atoms with van der Waals surface area (Å²) in [5.74, 6) is -0.725. The number of nitrogens with one attached hydrogen (secondary N) is 1. The Morgan fingerprint density at radius 2 is 1.90 bits per heavy atom. The van der Waals surface area contributed by atoms with Gasteiger partial charge in [-0.3, -0.25) is 0 Å². The Morgan fingerprint density at radius 1 is 1.29 bits per heavy atom. The van der Waals surface area contributed by atoms with E-state index in [0.717, 1.165) is 12.8 Å². The topological polar surface area (TPSA) is 78.9 Å². The summed E-state index contributed by atoms with van der Waals surface area (Å²) in [5, 5.41) is 11.4. The van der Waals surface area contributed by atoms with Gasteiger partial charge < -0.3 is 20.1 Å². The van der Waals surface area contributed by atoms with Crippen LogP contribution in [0.4, 0.5) is 10.5 Å². The number of anilines is 1. The lowest BCUT2D eigenvalue weighted by molar-refractivity contribution is -0.139. The minimum Gasteiger partial charge on any atom is -0.480 e. The van der Waals surface area contributed by atoms with E-state index in [2.05, 4.69) is 5.32 Å². The third kappa shape index (κ3) is 4.98. The lowest BCUT2D eigenvalue weighted by Crippen LogP contribution is -2.39. The van der Waals surface area contributed by atoms with Crippen molar-refractivity contribution in [1.82, 2.24) is 4.90 Å². The van der Waals surface area contributed by atoms with Gasteiger partial charge in [0.05, 0.1) is 5.69 Å². The molecule has 116 valence electrons. The van der Waals surface area contributed by atoms with Crippen LogP contribution < -0.4 is 10.1 Å². The largest absolute Gasteiger partial charge is 0.480 e. The number of carbonyl (C=O) groups is 2. The average Bonchev–Trinajstić information content (AvgIpc) is 2.47. The molecular formula is C15H22N2O4. The second kappa shape index (κ2) is 8.14. The molecule has 6 heteroatoms. The summed E-state index contributed by atoms with van der Waals surface area (Å²) >= 11 is 0. The molecule has 0 unspecified atom stereocenters. The van der Waals surface area contributed by atoms with Crippen LogP contribution in [-0.4, -0.2) is 41.7 Å². The fourth-order valence-electron chi connectivity index (χ4n) is 2.04. The first-order chi connectivity index (χ1) is 9.99. The van der Waals surface area contributed by atoms with Crippen LogP contribution in [0.2, 0.25) is 0 Å². The van der Waals surface area contributed by atoms with Crippen LogP contribution in [0.5, 0.6) is 5.75 Å². The standard InChI is InChI=1S/C15H22N2O4/c1-4-11(5-2)17(3)15(20)16-12-8-6-7-9-13(12)21-10-14(18)19/h6-9,11H,4-5,10H2,1-3H3,(H,16,20)(H,18,19). The van der Waals surface area contributed by atoms with E-state index < -0.39 is 12.6 Å². The number of carboxylic acid groups (broad SMARTS) is 1. The highest BCUT2D eigenvalue weighted by Crippen LogP contribution is 2.24. The molecule has 1 rings (SSSR count). The van der Waals surface area contributed by atoms with E-state index in [1.165, 1.54) is 0 Å². The molecule has 2 amide bonds. The number of benzene rings is 1. The zero-order valence-electron chi connectivity index (χ0n) is 12.6. The van der Waals surface area contributed by atoms with E-state index in [4.69, 9.17) is 9.84 Å². The molecule has 0 atom stereocenters. The molecule has 0 fully saturated rings. The average molecular weight is 294 g/mol. The summed E-state index contributed by atoms with van der Waals surface area (Å²) in [4.78, 5) is 24.4. The Bertz CT molecular complexity index is 486. The number of ether oxygens (including phenoxy) is 1. The van der Waals surface area contributed by atoms with Crippen molar-refractivity contribution >= 4 is 17.7 Å². The number of carboxylic acids is 1. The molecule has 1 aromatic carbocycles. The van der Waals surface area contributed by atoms with Crippen molar-refractivity contribution in [3.8, 4) is 5.75 Å². The summed E-state index contributed by atoms with van der Waals surface area (Å²) < 4.78 is 5.16. The van der Waals surface area contributed by atoms with Gasteiger partial charge in [-0.1, -0.05) is 26.0 Å². The molecule has 2 N–H and O–H groups in total. The van der Waals surface area contributed by atoms with Gasteiger partial charge in [-0.2, -0.15) is 0 Å². The van der Waals surface area contributed by atoms with E-state index in [1.807, 2.05) is 13.8 Å². The first-order valence-corrected chi connectivity index (χ1v) is 6.97. The van der Waals surface area contributed by atoms with Crippen LogP contribution in [0.15, 0.2) is 24.3 Å². The van der Waals surface area contributed by atoms with Gasteiger partial charge in [-0.15, -0.1) is 0 Å². The molecule has 0 spiro atoms. The monoisotopic (exact) mass is 294 g/mol. The van der Waals surface area contributed by atoms with E-state index in [1.54, 1.807) is 36.2 Å². The summed E-state index contributed by atoms with van der Waals surface area (Å²) in [6.07, 6.45) is 1.75. The second-order valence-electron chi connectivity index (χ2n) is 4.69. The van der Waals surface area contributed by atoms with E-state index >= 15 is 0 Å². The number of hydrogen-bond donors (Lipinski definition) is 2. The van der Waals surface area contributed by atoms with Crippen molar-refractivity contribution in [3.63, 3.8) is 0 Å². The second-order valence-corrected chi connectivity index (χ2v) is 4.69. The van der Waals surface area contributed by atoms with Gasteiger partial charge >= 0.3 is 12.0 Å². The number of urea groups is 1. The van der Waals surface area contributed by atoms with E-state index in [0.29, 0.717) is 11.4 Å². The van der Waals surface area contributed by atoms with Crippen LogP contribution in [0, 0.1) is 0 Å². The van der Waals surface area contributed by atoms with Gasteiger partial charge in [-0.05, 0) is 25.0 Å². The van der Waals surface area contributed by atoms with Crippen LogP contribution in [0.3, 0.4) is 0 Å². The molecular weight excluding hydrogens is 272 g/mol. The van der Waals surface area contributed by atoms with Gasteiger partial charge in [0.1, 0.15) is 5.75 Å². The maximum atomic E-state index is 12.2. The molecule has 0 aliphatic rings. The zero-order chi connectivity index (χ0) is 15.8. The van der Waals surface area contributed by atoms with Crippen molar-refractivity contribution in [3.05, 3.63) is 24.3 Å². The van der Waals surface area contributed by atoms with Crippen molar-refractivity contribution in [1.29, 1.82) is 0 Å². The Balaban J connectivity index is 2.77. The lowest BCUT2D eigenvalue weighted by Gasteiger charge is -2.26. The van der Waals surface area contributed by atoms with E-state index in [-0.39, 0.29) is 12.1 Å². The zero-order valence-corrected chi connectivity index (χ0v) is 12.6. The van der Waals surface area contributed by atoms with Gasteiger partial charge in [0, 0.05) is 13.1 Å². The highest BCUT2D eigenvalue weighted by Gasteiger charge is 2.18. The highest BCUT2D eigenvalue weighted by molar-refractivity contribution is 5.91. The smallest absolute Gasteiger partial charge is 0.341 e. The number of rotatable bonds is 7. The van der Waals surface area contributed by atoms with Crippen LogP contribution in [-0.2, 0) is 4.79 Å². The van der Waals surface area contributed by atoms with E-state index in [9.17, 15) is 9.59 Å². The van der Waals surface area contributed by atoms with Crippen molar-refractivity contribution in [2.24, 2.45) is 0 Å². The molecule has 0 saturated carbocycles. The Morgan fingerprint density at radius 3 is 2.48 bits per heavy atom. The number of para-hydroxylation sites is 2. The van der Waals surface area contributed by atoms with Crippen LogP contribution in [0.1, 0.15) is 26.7 Å². The van der Waals surface area contributed by atoms with Crippen LogP contribution in [0.25, 0.3) is 0 Å². The molecule has 0 radical (unpaired) electrons. The molecule has 21 heavy (non-hydrogen) atoms. The third-order valence-corrected chi connectivity index (χ3v) is 3.29.